The first-order valence-corrected chi connectivity index (χ1v) is 12.7. The third-order valence-electron chi connectivity index (χ3n) is 3.93. The minimum Gasteiger partial charge on any atom is -0.460 e. The second-order valence-corrected chi connectivity index (χ2v) is 8.73. The molecular formula is C21H36I2N2O. The van der Waals surface area contributed by atoms with Crippen molar-refractivity contribution in [2.24, 2.45) is 0 Å². The summed E-state index contributed by atoms with van der Waals surface area (Å²) in [5.41, 5.74) is 0.988. The van der Waals surface area contributed by atoms with Gasteiger partial charge in [-0.3, -0.25) is 4.90 Å². The lowest BCUT2D eigenvalue weighted by Gasteiger charge is -2.24. The van der Waals surface area contributed by atoms with Gasteiger partial charge in [-0.15, -0.1) is 0 Å². The molecule has 1 heterocycles. The Labute approximate surface area is 188 Å². The van der Waals surface area contributed by atoms with Gasteiger partial charge < -0.3 is 9.32 Å². The molecule has 0 saturated heterocycles. The largest absolute Gasteiger partial charge is 0.460 e. The molecule has 0 atom stereocenters. The van der Waals surface area contributed by atoms with Gasteiger partial charge in [-0.25, -0.2) is 0 Å². The van der Waals surface area contributed by atoms with Crippen LogP contribution in [0.2, 0.25) is 0 Å². The van der Waals surface area contributed by atoms with Crippen molar-refractivity contribution in [3.63, 3.8) is 0 Å². The summed E-state index contributed by atoms with van der Waals surface area (Å²) in [7, 11) is 0. The van der Waals surface area contributed by atoms with Crippen molar-refractivity contribution in [3.8, 4) is 0 Å². The number of benzene rings is 1. The van der Waals surface area contributed by atoms with E-state index >= 15 is 0 Å². The zero-order valence-electron chi connectivity index (χ0n) is 17.1. The van der Waals surface area contributed by atoms with Gasteiger partial charge in [-0.05, 0) is 40.6 Å². The van der Waals surface area contributed by atoms with Gasteiger partial charge in [0, 0.05) is 18.5 Å². The zero-order valence-corrected chi connectivity index (χ0v) is 21.4. The lowest BCUT2D eigenvalue weighted by atomic mass is 10.2. The van der Waals surface area contributed by atoms with Crippen LogP contribution in [-0.4, -0.2) is 51.4 Å². The number of hydrogen-bond donors (Lipinski definition) is 0. The third kappa shape index (κ3) is 11.1. The normalized spacial score (nSPS) is 10.5. The van der Waals surface area contributed by atoms with Gasteiger partial charge in [-0.1, -0.05) is 98.0 Å². The third-order valence-corrected chi connectivity index (χ3v) is 3.93. The summed E-state index contributed by atoms with van der Waals surface area (Å²) in [5.74, 6) is 1.06. The van der Waals surface area contributed by atoms with Crippen molar-refractivity contribution in [2.75, 3.05) is 41.6 Å². The van der Waals surface area contributed by atoms with Gasteiger partial charge >= 0.3 is 0 Å². The molecular weight excluding hydrogens is 550 g/mol. The van der Waals surface area contributed by atoms with Gasteiger partial charge in [0.15, 0.2) is 0 Å². The van der Waals surface area contributed by atoms with Crippen LogP contribution in [-0.2, 0) is 6.54 Å². The summed E-state index contributed by atoms with van der Waals surface area (Å²) in [6.45, 7) is 17.3. The summed E-state index contributed by atoms with van der Waals surface area (Å²) in [4.78, 5) is 4.90. The van der Waals surface area contributed by atoms with Gasteiger partial charge in [0.25, 0.3) is 0 Å². The predicted molar refractivity (Wildman–Crippen MR) is 134 cm³/mol. The van der Waals surface area contributed by atoms with E-state index in [1.807, 2.05) is 12.1 Å². The molecule has 0 fully saturated rings. The molecule has 2 aromatic rings. The molecule has 0 spiro atoms. The van der Waals surface area contributed by atoms with E-state index in [1.54, 1.807) is 0 Å². The Morgan fingerprint density at radius 1 is 0.808 bits per heavy atom. The molecule has 0 bridgehead atoms. The summed E-state index contributed by atoms with van der Waals surface area (Å²) < 4.78 is 8.34. The standard InChI is InChI=1S/C17H26N2O.2C2H5I/c1-4-18(5-2)11-12-19(6-3)14-16-13-15-9-7-8-10-17(15)20-16;2*1-2-3/h7-10,13H,4-6,11-12,14H2,1-3H3;2*2H2,1H3. The van der Waals surface area contributed by atoms with Crippen LogP contribution in [0.25, 0.3) is 11.0 Å². The highest BCUT2D eigenvalue weighted by Crippen LogP contribution is 2.19. The molecule has 0 saturated carbocycles. The predicted octanol–water partition coefficient (Wildman–Crippen LogP) is 6.48. The van der Waals surface area contributed by atoms with E-state index in [9.17, 15) is 0 Å². The van der Waals surface area contributed by atoms with E-state index in [4.69, 9.17) is 4.42 Å². The Hall–Kier alpha value is 0.140. The lowest BCUT2D eigenvalue weighted by Crippen LogP contribution is -2.34. The Morgan fingerprint density at radius 3 is 1.81 bits per heavy atom. The number of para-hydroxylation sites is 1. The van der Waals surface area contributed by atoms with Crippen molar-refractivity contribution < 1.29 is 4.42 Å². The second kappa shape index (κ2) is 17.3. The first-order chi connectivity index (χ1) is 12.6. The molecule has 0 aliphatic carbocycles. The van der Waals surface area contributed by atoms with Crippen LogP contribution < -0.4 is 0 Å². The van der Waals surface area contributed by atoms with Crippen molar-refractivity contribution in [3.05, 3.63) is 36.1 Å². The van der Waals surface area contributed by atoms with Crippen LogP contribution in [0, 0.1) is 0 Å². The monoisotopic (exact) mass is 586 g/mol. The smallest absolute Gasteiger partial charge is 0.134 e. The number of furan rings is 1. The quantitative estimate of drug-likeness (QED) is 0.261. The van der Waals surface area contributed by atoms with E-state index in [1.165, 1.54) is 14.2 Å². The molecule has 5 heteroatoms. The van der Waals surface area contributed by atoms with E-state index < -0.39 is 0 Å². The summed E-state index contributed by atoms with van der Waals surface area (Å²) in [6, 6.07) is 10.4. The highest BCUT2D eigenvalue weighted by molar-refractivity contribution is 14.1. The molecule has 3 nitrogen and oxygen atoms in total. The first kappa shape index (κ1) is 26.1. The molecule has 0 aliphatic rings. The first-order valence-electron chi connectivity index (χ1n) is 9.63. The fourth-order valence-electron chi connectivity index (χ4n) is 2.51. The molecule has 0 radical (unpaired) electrons. The van der Waals surface area contributed by atoms with Crippen LogP contribution in [0.5, 0.6) is 0 Å². The van der Waals surface area contributed by atoms with Gasteiger partial charge in [0.2, 0.25) is 0 Å². The SMILES string of the molecule is CCI.CCI.CCN(CC)CCN(CC)Cc1cc2ccccc2o1. The maximum Gasteiger partial charge on any atom is 0.134 e. The number of hydrogen-bond acceptors (Lipinski definition) is 3. The van der Waals surface area contributed by atoms with Crippen molar-refractivity contribution in [1.29, 1.82) is 0 Å². The highest BCUT2D eigenvalue weighted by Gasteiger charge is 2.09. The van der Waals surface area contributed by atoms with Gasteiger partial charge in [0.1, 0.15) is 11.3 Å². The van der Waals surface area contributed by atoms with Crippen LogP contribution in [0.3, 0.4) is 0 Å². The Morgan fingerprint density at radius 2 is 1.31 bits per heavy atom. The Balaban J connectivity index is 0.000000918. The molecule has 2 rings (SSSR count). The molecule has 0 unspecified atom stereocenters. The van der Waals surface area contributed by atoms with E-state index in [0.717, 1.165) is 50.6 Å². The summed E-state index contributed by atoms with van der Waals surface area (Å²) >= 11 is 4.58. The van der Waals surface area contributed by atoms with Crippen LogP contribution in [0.15, 0.2) is 34.7 Å². The van der Waals surface area contributed by atoms with Crippen LogP contribution in [0.1, 0.15) is 40.4 Å². The number of alkyl halides is 2. The second-order valence-electron chi connectivity index (χ2n) is 5.68. The topological polar surface area (TPSA) is 19.6 Å². The number of rotatable bonds is 8. The summed E-state index contributed by atoms with van der Waals surface area (Å²) in [6.07, 6.45) is 0. The zero-order chi connectivity index (χ0) is 19.8. The van der Waals surface area contributed by atoms with Crippen molar-refractivity contribution >= 4 is 56.2 Å². The fraction of sp³-hybridized carbons (Fsp3) is 0.619. The number of nitrogens with zero attached hydrogens (tertiary/aromatic N) is 2. The van der Waals surface area contributed by atoms with E-state index in [0.29, 0.717) is 0 Å². The number of halogens is 2. The Kier molecular flexibility index (Phi) is 17.3. The van der Waals surface area contributed by atoms with Gasteiger partial charge in [0.05, 0.1) is 6.54 Å². The number of likely N-dealkylation sites (N-methyl/N-ethyl adjacent to an activating group) is 2. The molecule has 150 valence electrons. The number of fused-ring (bicyclic) bond motifs is 1. The maximum absolute atomic E-state index is 5.90. The average molecular weight is 586 g/mol. The average Bonchev–Trinajstić information content (AvgIpc) is 3.05. The lowest BCUT2D eigenvalue weighted by molar-refractivity contribution is 0.206. The fourth-order valence-corrected chi connectivity index (χ4v) is 2.51. The minimum atomic E-state index is 0.895. The van der Waals surface area contributed by atoms with E-state index in [-0.39, 0.29) is 0 Å². The Bertz CT molecular complexity index is 521. The minimum absolute atomic E-state index is 0.895. The van der Waals surface area contributed by atoms with E-state index in [2.05, 4.69) is 108 Å². The summed E-state index contributed by atoms with van der Waals surface area (Å²) in [5, 5.41) is 1.20. The highest BCUT2D eigenvalue weighted by atomic mass is 127. The van der Waals surface area contributed by atoms with Gasteiger partial charge in [-0.2, -0.15) is 0 Å². The molecule has 0 amide bonds. The maximum atomic E-state index is 5.90. The molecule has 1 aromatic carbocycles. The molecule has 26 heavy (non-hydrogen) atoms. The molecule has 1 aromatic heterocycles. The van der Waals surface area contributed by atoms with Crippen LogP contribution in [0.4, 0.5) is 0 Å². The molecule has 0 aliphatic heterocycles. The van der Waals surface area contributed by atoms with Crippen molar-refractivity contribution in [2.45, 2.75) is 41.2 Å². The van der Waals surface area contributed by atoms with Crippen molar-refractivity contribution in [1.82, 2.24) is 9.80 Å². The van der Waals surface area contributed by atoms with Crippen LogP contribution >= 0.6 is 45.2 Å². The molecule has 0 N–H and O–H groups in total.